The lowest BCUT2D eigenvalue weighted by molar-refractivity contribution is 0.303. The standard InChI is InChI=1S/C13H26N2/c1-13(2,3)8-7-11(15-14)12-9-5-4-6-10(9)12/h9-12,15H,4-8,14H2,1-3H3. The Bertz CT molecular complexity index is 209. The van der Waals surface area contributed by atoms with Gasteiger partial charge in [0.2, 0.25) is 0 Å². The lowest BCUT2D eigenvalue weighted by Crippen LogP contribution is -2.38. The van der Waals surface area contributed by atoms with E-state index in [4.69, 9.17) is 5.84 Å². The first-order valence-corrected chi connectivity index (χ1v) is 6.49. The summed E-state index contributed by atoms with van der Waals surface area (Å²) in [6, 6.07) is 0.583. The second-order valence-corrected chi connectivity index (χ2v) is 6.71. The maximum absolute atomic E-state index is 5.70. The SMILES string of the molecule is CC(C)(C)CCC(NN)C1C2CCCC21. The predicted octanol–water partition coefficient (Wildman–Crippen LogP) is 2.69. The summed E-state index contributed by atoms with van der Waals surface area (Å²) in [5, 5.41) is 0. The molecule has 2 heteroatoms. The summed E-state index contributed by atoms with van der Waals surface area (Å²) in [6.45, 7) is 6.94. The minimum atomic E-state index is 0.444. The van der Waals surface area contributed by atoms with Gasteiger partial charge in [0.1, 0.15) is 0 Å². The molecule has 2 fully saturated rings. The second kappa shape index (κ2) is 4.06. The Labute approximate surface area is 94.0 Å². The van der Waals surface area contributed by atoms with Gasteiger partial charge >= 0.3 is 0 Å². The Hall–Kier alpha value is -0.0800. The first kappa shape index (κ1) is 11.4. The third-order valence-electron chi connectivity index (χ3n) is 4.36. The lowest BCUT2D eigenvalue weighted by atomic mass is 9.87. The number of hydrogen-bond donors (Lipinski definition) is 2. The maximum Gasteiger partial charge on any atom is 0.0244 e. The third kappa shape index (κ3) is 2.54. The molecule has 2 aliphatic carbocycles. The first-order chi connectivity index (χ1) is 7.03. The molecule has 0 spiro atoms. The molecule has 0 aliphatic heterocycles. The molecule has 0 aromatic heterocycles. The Balaban J connectivity index is 1.79. The highest BCUT2D eigenvalue weighted by molar-refractivity contribution is 5.05. The normalized spacial score (nSPS) is 36.4. The molecule has 0 aromatic carbocycles. The van der Waals surface area contributed by atoms with Crippen LogP contribution in [0.5, 0.6) is 0 Å². The van der Waals surface area contributed by atoms with Crippen molar-refractivity contribution in [2.75, 3.05) is 0 Å². The van der Waals surface area contributed by atoms with Gasteiger partial charge in [0.05, 0.1) is 0 Å². The highest BCUT2D eigenvalue weighted by Gasteiger charge is 2.55. The van der Waals surface area contributed by atoms with Gasteiger partial charge in [-0.05, 0) is 48.9 Å². The van der Waals surface area contributed by atoms with Crippen molar-refractivity contribution in [3.8, 4) is 0 Å². The summed E-state index contributed by atoms with van der Waals surface area (Å²) in [5.74, 6) is 8.64. The van der Waals surface area contributed by atoms with Crippen LogP contribution in [0.15, 0.2) is 0 Å². The van der Waals surface area contributed by atoms with Gasteiger partial charge in [0, 0.05) is 6.04 Å². The molecule has 3 atom stereocenters. The van der Waals surface area contributed by atoms with Crippen molar-refractivity contribution in [2.24, 2.45) is 29.0 Å². The molecule has 0 aromatic rings. The molecule has 0 saturated heterocycles. The van der Waals surface area contributed by atoms with Crippen molar-refractivity contribution in [1.82, 2.24) is 5.43 Å². The largest absolute Gasteiger partial charge is 0.271 e. The summed E-state index contributed by atoms with van der Waals surface area (Å²) in [7, 11) is 0. The van der Waals surface area contributed by atoms with E-state index in [9.17, 15) is 0 Å². The molecule has 2 saturated carbocycles. The molecular formula is C13H26N2. The van der Waals surface area contributed by atoms with E-state index in [1.165, 1.54) is 32.1 Å². The Kier molecular flexibility index (Phi) is 3.09. The number of hydrazine groups is 1. The van der Waals surface area contributed by atoms with Gasteiger partial charge in [-0.15, -0.1) is 0 Å². The van der Waals surface area contributed by atoms with Crippen molar-refractivity contribution in [1.29, 1.82) is 0 Å². The second-order valence-electron chi connectivity index (χ2n) is 6.71. The average molecular weight is 210 g/mol. The molecule has 2 nitrogen and oxygen atoms in total. The highest BCUT2D eigenvalue weighted by atomic mass is 15.2. The van der Waals surface area contributed by atoms with E-state index >= 15 is 0 Å². The van der Waals surface area contributed by atoms with Gasteiger partial charge in [0.15, 0.2) is 0 Å². The molecule has 88 valence electrons. The van der Waals surface area contributed by atoms with Crippen molar-refractivity contribution in [3.63, 3.8) is 0 Å². The molecule has 2 aliphatic rings. The van der Waals surface area contributed by atoms with Crippen LogP contribution < -0.4 is 11.3 Å². The number of nitrogens with one attached hydrogen (secondary N) is 1. The van der Waals surface area contributed by atoms with E-state index in [-0.39, 0.29) is 0 Å². The number of hydrogen-bond acceptors (Lipinski definition) is 2. The van der Waals surface area contributed by atoms with Crippen LogP contribution >= 0.6 is 0 Å². The summed E-state index contributed by atoms with van der Waals surface area (Å²) in [6.07, 6.45) is 6.91. The summed E-state index contributed by atoms with van der Waals surface area (Å²) >= 11 is 0. The van der Waals surface area contributed by atoms with Gasteiger partial charge in [-0.25, -0.2) is 0 Å². The molecule has 0 radical (unpaired) electrons. The smallest absolute Gasteiger partial charge is 0.0244 e. The monoisotopic (exact) mass is 210 g/mol. The molecule has 0 bridgehead atoms. The average Bonchev–Trinajstić information content (AvgIpc) is 2.62. The minimum Gasteiger partial charge on any atom is -0.271 e. The Morgan fingerprint density at radius 3 is 2.33 bits per heavy atom. The van der Waals surface area contributed by atoms with Gasteiger partial charge < -0.3 is 0 Å². The van der Waals surface area contributed by atoms with Crippen molar-refractivity contribution in [2.45, 2.75) is 58.9 Å². The van der Waals surface area contributed by atoms with Gasteiger partial charge in [-0.3, -0.25) is 11.3 Å². The van der Waals surface area contributed by atoms with Crippen LogP contribution in [-0.2, 0) is 0 Å². The molecule has 3 N–H and O–H groups in total. The quantitative estimate of drug-likeness (QED) is 0.553. The highest BCUT2D eigenvalue weighted by Crippen LogP contribution is 2.59. The van der Waals surface area contributed by atoms with Crippen molar-refractivity contribution >= 4 is 0 Å². The molecular weight excluding hydrogens is 184 g/mol. The Morgan fingerprint density at radius 1 is 1.27 bits per heavy atom. The lowest BCUT2D eigenvalue weighted by Gasteiger charge is -2.23. The van der Waals surface area contributed by atoms with E-state index in [0.29, 0.717) is 11.5 Å². The van der Waals surface area contributed by atoms with Gasteiger partial charge in [-0.1, -0.05) is 27.2 Å². The minimum absolute atomic E-state index is 0.444. The van der Waals surface area contributed by atoms with E-state index in [1.807, 2.05) is 0 Å². The van der Waals surface area contributed by atoms with Crippen molar-refractivity contribution < 1.29 is 0 Å². The number of fused-ring (bicyclic) bond motifs is 1. The van der Waals surface area contributed by atoms with Crippen LogP contribution in [0.3, 0.4) is 0 Å². The number of nitrogens with two attached hydrogens (primary N) is 1. The van der Waals surface area contributed by atoms with Crippen LogP contribution in [0.4, 0.5) is 0 Å². The van der Waals surface area contributed by atoms with E-state index < -0.39 is 0 Å². The molecule has 0 amide bonds. The Morgan fingerprint density at radius 2 is 1.87 bits per heavy atom. The molecule has 3 unspecified atom stereocenters. The third-order valence-corrected chi connectivity index (χ3v) is 4.36. The van der Waals surface area contributed by atoms with Gasteiger partial charge in [0.25, 0.3) is 0 Å². The predicted molar refractivity (Wildman–Crippen MR) is 64.1 cm³/mol. The van der Waals surface area contributed by atoms with Crippen LogP contribution in [0.25, 0.3) is 0 Å². The zero-order valence-electron chi connectivity index (χ0n) is 10.4. The summed E-state index contributed by atoms with van der Waals surface area (Å²) in [5.41, 5.74) is 3.51. The zero-order valence-corrected chi connectivity index (χ0v) is 10.4. The molecule has 0 heterocycles. The fourth-order valence-corrected chi connectivity index (χ4v) is 3.45. The van der Waals surface area contributed by atoms with Crippen LogP contribution in [0.2, 0.25) is 0 Å². The molecule has 2 rings (SSSR count). The summed E-state index contributed by atoms with van der Waals surface area (Å²) in [4.78, 5) is 0. The topological polar surface area (TPSA) is 38.0 Å². The fraction of sp³-hybridized carbons (Fsp3) is 1.00. The molecule has 15 heavy (non-hydrogen) atoms. The number of rotatable bonds is 4. The van der Waals surface area contributed by atoms with Crippen molar-refractivity contribution in [3.05, 3.63) is 0 Å². The fourth-order valence-electron chi connectivity index (χ4n) is 3.45. The first-order valence-electron chi connectivity index (χ1n) is 6.49. The zero-order chi connectivity index (χ0) is 11.1. The van der Waals surface area contributed by atoms with Crippen LogP contribution in [0, 0.1) is 23.2 Å². The van der Waals surface area contributed by atoms with Crippen LogP contribution in [0.1, 0.15) is 52.9 Å². The van der Waals surface area contributed by atoms with E-state index in [0.717, 1.165) is 17.8 Å². The summed E-state index contributed by atoms with van der Waals surface area (Å²) < 4.78 is 0. The van der Waals surface area contributed by atoms with E-state index in [1.54, 1.807) is 0 Å². The van der Waals surface area contributed by atoms with E-state index in [2.05, 4.69) is 26.2 Å². The van der Waals surface area contributed by atoms with Crippen LogP contribution in [-0.4, -0.2) is 6.04 Å². The van der Waals surface area contributed by atoms with Gasteiger partial charge in [-0.2, -0.15) is 0 Å². The maximum atomic E-state index is 5.70.